The van der Waals surface area contributed by atoms with E-state index in [0.29, 0.717) is 18.3 Å². The summed E-state index contributed by atoms with van der Waals surface area (Å²) in [4.78, 5) is 24.3. The van der Waals surface area contributed by atoms with E-state index in [9.17, 15) is 4.79 Å². The van der Waals surface area contributed by atoms with Crippen LogP contribution in [0.1, 0.15) is 79.9 Å². The van der Waals surface area contributed by atoms with Crippen LogP contribution in [0.5, 0.6) is 0 Å². The molecule has 1 N–H and O–H groups in total. The van der Waals surface area contributed by atoms with Crippen molar-refractivity contribution in [1.82, 2.24) is 20.2 Å². The van der Waals surface area contributed by atoms with Crippen molar-refractivity contribution in [1.29, 1.82) is 0 Å². The summed E-state index contributed by atoms with van der Waals surface area (Å²) in [7, 11) is 0. The van der Waals surface area contributed by atoms with Gasteiger partial charge in [0.15, 0.2) is 0 Å². The molecule has 0 radical (unpaired) electrons. The molecule has 2 aromatic rings. The number of benzene rings is 1. The van der Waals surface area contributed by atoms with Gasteiger partial charge in [-0.2, -0.15) is 0 Å². The van der Waals surface area contributed by atoms with Gasteiger partial charge in [0.25, 0.3) is 0 Å². The minimum absolute atomic E-state index is 0.0306. The summed E-state index contributed by atoms with van der Waals surface area (Å²) in [5.74, 6) is 1.88. The van der Waals surface area contributed by atoms with Crippen LogP contribution in [0.15, 0.2) is 24.3 Å². The summed E-state index contributed by atoms with van der Waals surface area (Å²) in [5.41, 5.74) is 5.56. The summed E-state index contributed by atoms with van der Waals surface area (Å²) in [6.45, 7) is 15.4. The molecule has 0 spiro atoms. The van der Waals surface area contributed by atoms with E-state index in [2.05, 4.69) is 48.3 Å². The molecule has 1 unspecified atom stereocenters. The number of carbonyl (C=O) groups excluding carboxylic acids is 1. The number of rotatable bonds is 7. The second-order valence-electron chi connectivity index (χ2n) is 9.25. The number of aryl methyl sites for hydroxylation is 2. The van der Waals surface area contributed by atoms with E-state index in [-0.39, 0.29) is 11.9 Å². The lowest BCUT2D eigenvalue weighted by Crippen LogP contribution is -2.32. The molecule has 1 atom stereocenters. The summed E-state index contributed by atoms with van der Waals surface area (Å²) < 4.78 is 0. The van der Waals surface area contributed by atoms with Crippen LogP contribution in [0.2, 0.25) is 0 Å². The second-order valence-corrected chi connectivity index (χ2v) is 9.25. The molecule has 1 aliphatic heterocycles. The minimum atomic E-state index is 0.0306. The van der Waals surface area contributed by atoms with Gasteiger partial charge >= 0.3 is 0 Å². The molecule has 0 bridgehead atoms. The van der Waals surface area contributed by atoms with Crippen LogP contribution in [0.4, 0.5) is 0 Å². The number of likely N-dealkylation sites (tertiary alicyclic amines) is 1. The Balaban J connectivity index is 1.63. The van der Waals surface area contributed by atoms with Gasteiger partial charge in [0, 0.05) is 42.0 Å². The molecule has 1 fully saturated rings. The van der Waals surface area contributed by atoms with Crippen LogP contribution in [0.3, 0.4) is 0 Å². The summed E-state index contributed by atoms with van der Waals surface area (Å²) >= 11 is 0. The number of amides is 1. The maximum Gasteiger partial charge on any atom is 0.224 e. The van der Waals surface area contributed by atoms with Crippen molar-refractivity contribution in [2.45, 2.75) is 78.8 Å². The third-order valence-electron chi connectivity index (χ3n) is 5.92. The van der Waals surface area contributed by atoms with Crippen molar-refractivity contribution < 1.29 is 4.79 Å². The van der Waals surface area contributed by atoms with E-state index >= 15 is 0 Å². The van der Waals surface area contributed by atoms with Gasteiger partial charge < -0.3 is 5.32 Å². The van der Waals surface area contributed by atoms with E-state index in [1.54, 1.807) is 0 Å². The Bertz CT molecular complexity index is 850. The predicted octanol–water partition coefficient (Wildman–Crippen LogP) is 4.27. The fraction of sp³-hybridized carbons (Fsp3) is 0.560. The maximum absolute atomic E-state index is 12.2. The standard InChI is InChI=1S/C25H36N4O/c1-16(2)21-9-7-20(8-10-21)14-29-12-11-22(15-29)25-27-18(5)23(19(6)28-25)13-24(30)26-17(3)4/h7-10,16-17,22H,11-15H2,1-6H3,(H,26,30). The summed E-state index contributed by atoms with van der Waals surface area (Å²) in [6, 6.07) is 9.15. The first-order valence-corrected chi connectivity index (χ1v) is 11.2. The zero-order valence-electron chi connectivity index (χ0n) is 19.3. The van der Waals surface area contributed by atoms with Gasteiger partial charge in [-0.15, -0.1) is 0 Å². The Morgan fingerprint density at radius 1 is 1.10 bits per heavy atom. The molecular weight excluding hydrogens is 372 g/mol. The molecule has 0 aliphatic carbocycles. The topological polar surface area (TPSA) is 58.1 Å². The molecule has 5 nitrogen and oxygen atoms in total. The third-order valence-corrected chi connectivity index (χ3v) is 5.92. The van der Waals surface area contributed by atoms with Gasteiger partial charge in [0.1, 0.15) is 5.82 Å². The third kappa shape index (κ3) is 5.66. The van der Waals surface area contributed by atoms with Crippen molar-refractivity contribution in [2.24, 2.45) is 0 Å². The fourth-order valence-corrected chi connectivity index (χ4v) is 4.19. The average Bonchev–Trinajstić information content (AvgIpc) is 3.13. The number of nitrogens with zero attached hydrogens (tertiary/aromatic N) is 3. The van der Waals surface area contributed by atoms with Gasteiger partial charge in [-0.25, -0.2) is 9.97 Å². The van der Waals surface area contributed by atoms with Crippen LogP contribution in [-0.2, 0) is 17.8 Å². The number of hydrogen-bond acceptors (Lipinski definition) is 4. The van der Waals surface area contributed by atoms with Gasteiger partial charge in [-0.1, -0.05) is 38.1 Å². The van der Waals surface area contributed by atoms with Crippen LogP contribution in [0.25, 0.3) is 0 Å². The van der Waals surface area contributed by atoms with Crippen LogP contribution < -0.4 is 5.32 Å². The van der Waals surface area contributed by atoms with E-state index in [0.717, 1.165) is 48.8 Å². The average molecular weight is 409 g/mol. The van der Waals surface area contributed by atoms with E-state index in [1.807, 2.05) is 27.7 Å². The molecule has 1 aliphatic rings. The van der Waals surface area contributed by atoms with Gasteiger partial charge in [-0.05, 0) is 57.7 Å². The Labute approximate surface area is 181 Å². The van der Waals surface area contributed by atoms with Crippen LogP contribution in [0, 0.1) is 13.8 Å². The Morgan fingerprint density at radius 2 is 1.73 bits per heavy atom. The number of carbonyl (C=O) groups is 1. The zero-order valence-corrected chi connectivity index (χ0v) is 19.3. The highest BCUT2D eigenvalue weighted by Crippen LogP contribution is 2.27. The van der Waals surface area contributed by atoms with Crippen molar-refractivity contribution in [3.63, 3.8) is 0 Å². The molecule has 1 saturated heterocycles. The van der Waals surface area contributed by atoms with E-state index < -0.39 is 0 Å². The predicted molar refractivity (Wildman–Crippen MR) is 122 cm³/mol. The normalized spacial score (nSPS) is 17.1. The molecular formula is C25H36N4O. The largest absolute Gasteiger partial charge is 0.354 e. The summed E-state index contributed by atoms with van der Waals surface area (Å²) in [5, 5.41) is 2.95. The monoisotopic (exact) mass is 408 g/mol. The van der Waals surface area contributed by atoms with E-state index in [4.69, 9.17) is 9.97 Å². The van der Waals surface area contributed by atoms with E-state index in [1.165, 1.54) is 11.1 Å². The lowest BCUT2D eigenvalue weighted by molar-refractivity contribution is -0.120. The lowest BCUT2D eigenvalue weighted by Gasteiger charge is -2.17. The molecule has 3 rings (SSSR count). The van der Waals surface area contributed by atoms with Gasteiger partial charge in [0.05, 0.1) is 6.42 Å². The first kappa shape index (κ1) is 22.4. The molecule has 1 amide bonds. The fourth-order valence-electron chi connectivity index (χ4n) is 4.19. The Kier molecular flexibility index (Phi) is 7.24. The summed E-state index contributed by atoms with van der Waals surface area (Å²) in [6.07, 6.45) is 1.43. The van der Waals surface area contributed by atoms with Gasteiger partial charge in [-0.3, -0.25) is 9.69 Å². The van der Waals surface area contributed by atoms with Crippen LogP contribution in [-0.4, -0.2) is 39.9 Å². The quantitative estimate of drug-likeness (QED) is 0.743. The van der Waals surface area contributed by atoms with Crippen molar-refractivity contribution in [3.8, 4) is 0 Å². The lowest BCUT2D eigenvalue weighted by atomic mass is 10.0. The number of aromatic nitrogens is 2. The van der Waals surface area contributed by atoms with Crippen molar-refractivity contribution in [2.75, 3.05) is 13.1 Å². The Hall–Kier alpha value is -2.27. The van der Waals surface area contributed by atoms with Crippen molar-refractivity contribution >= 4 is 5.91 Å². The number of hydrogen-bond donors (Lipinski definition) is 1. The molecule has 0 saturated carbocycles. The number of nitrogens with one attached hydrogen (secondary N) is 1. The highest BCUT2D eigenvalue weighted by molar-refractivity contribution is 5.79. The molecule has 162 valence electrons. The highest BCUT2D eigenvalue weighted by Gasteiger charge is 2.27. The molecule has 5 heteroatoms. The second kappa shape index (κ2) is 9.69. The van der Waals surface area contributed by atoms with Crippen LogP contribution >= 0.6 is 0 Å². The maximum atomic E-state index is 12.2. The highest BCUT2D eigenvalue weighted by atomic mass is 16.1. The molecule has 2 heterocycles. The van der Waals surface area contributed by atoms with Gasteiger partial charge in [0.2, 0.25) is 5.91 Å². The molecule has 1 aromatic carbocycles. The SMILES string of the molecule is Cc1nc(C2CCN(Cc3ccc(C(C)C)cc3)C2)nc(C)c1CC(=O)NC(C)C. The zero-order chi connectivity index (χ0) is 21.8. The molecule has 30 heavy (non-hydrogen) atoms. The van der Waals surface area contributed by atoms with Crippen molar-refractivity contribution in [3.05, 3.63) is 58.2 Å². The first-order chi connectivity index (χ1) is 14.2. The Morgan fingerprint density at radius 3 is 2.30 bits per heavy atom. The first-order valence-electron chi connectivity index (χ1n) is 11.2. The smallest absolute Gasteiger partial charge is 0.224 e. The molecule has 1 aromatic heterocycles. The minimum Gasteiger partial charge on any atom is -0.354 e.